The van der Waals surface area contributed by atoms with E-state index in [9.17, 15) is 0 Å². The van der Waals surface area contributed by atoms with Crippen molar-refractivity contribution >= 4 is 23.0 Å². The minimum Gasteiger partial charge on any atom is -0.351 e. The van der Waals surface area contributed by atoms with Crippen LogP contribution < -0.4 is 10.2 Å². The van der Waals surface area contributed by atoms with Crippen LogP contribution in [-0.4, -0.2) is 14.7 Å². The van der Waals surface area contributed by atoms with Crippen LogP contribution in [0.3, 0.4) is 0 Å². The van der Waals surface area contributed by atoms with Gasteiger partial charge >= 0.3 is 0 Å². The topological polar surface area (TPSA) is 33.1 Å². The van der Waals surface area contributed by atoms with E-state index in [2.05, 4.69) is 89.2 Å². The molecule has 0 radical (unpaired) electrons. The summed E-state index contributed by atoms with van der Waals surface area (Å²) in [4.78, 5) is 6.85. The molecule has 2 atom stereocenters. The highest BCUT2D eigenvalue weighted by Gasteiger charge is 2.41. The van der Waals surface area contributed by atoms with Crippen LogP contribution in [0.1, 0.15) is 55.7 Å². The fraction of sp³-hybridized carbons (Fsp3) is 0.304. The number of aromatic nitrogens is 2. The lowest BCUT2D eigenvalue weighted by Crippen LogP contribution is -2.30. The number of nitrogens with one attached hydrogen (secondary N) is 1. The fourth-order valence-corrected chi connectivity index (χ4v) is 4.28. The molecule has 3 aromatic rings. The number of benzene rings is 1. The van der Waals surface area contributed by atoms with E-state index in [4.69, 9.17) is 12.2 Å². The van der Waals surface area contributed by atoms with Gasteiger partial charge < -0.3 is 14.8 Å². The average molecular weight is 391 g/mol. The van der Waals surface area contributed by atoms with Crippen molar-refractivity contribution in [2.75, 3.05) is 4.90 Å². The number of pyridine rings is 1. The molecular weight excluding hydrogens is 364 g/mol. The summed E-state index contributed by atoms with van der Waals surface area (Å²) in [6.45, 7) is 7.51. The first-order chi connectivity index (χ1) is 13.6. The number of thiocarbonyl (C=S) groups is 1. The van der Waals surface area contributed by atoms with Crippen molar-refractivity contribution in [3.63, 3.8) is 0 Å². The zero-order valence-electron chi connectivity index (χ0n) is 16.5. The second-order valence-electron chi connectivity index (χ2n) is 7.46. The molecule has 0 aliphatic carbocycles. The molecule has 3 heterocycles. The van der Waals surface area contributed by atoms with E-state index in [0.717, 1.165) is 23.0 Å². The van der Waals surface area contributed by atoms with Crippen LogP contribution in [0.5, 0.6) is 0 Å². The summed E-state index contributed by atoms with van der Waals surface area (Å²) in [5.74, 6) is 0.507. The third-order valence-electron chi connectivity index (χ3n) is 5.44. The molecule has 0 saturated carbocycles. The van der Waals surface area contributed by atoms with Gasteiger partial charge in [-0.3, -0.25) is 4.98 Å². The third-order valence-corrected chi connectivity index (χ3v) is 5.76. The van der Waals surface area contributed by atoms with Gasteiger partial charge in [0.05, 0.1) is 11.7 Å². The SMILES string of the molecule is CCn1cccc1[C@@H]1[C@H](c2ccccn2)NC(=S)N1c1ccc(C(C)C)cc1. The van der Waals surface area contributed by atoms with Crippen LogP contribution in [0.15, 0.2) is 67.0 Å². The molecule has 1 aromatic carbocycles. The molecule has 0 amide bonds. The van der Waals surface area contributed by atoms with Gasteiger partial charge in [-0.05, 0) is 67.0 Å². The molecule has 1 fully saturated rings. The predicted octanol–water partition coefficient (Wildman–Crippen LogP) is 5.20. The minimum atomic E-state index is -0.00123. The van der Waals surface area contributed by atoms with E-state index < -0.39 is 0 Å². The first-order valence-corrected chi connectivity index (χ1v) is 10.3. The number of nitrogens with zero attached hydrogens (tertiary/aromatic N) is 3. The van der Waals surface area contributed by atoms with Gasteiger partial charge in [0, 0.05) is 30.3 Å². The Bertz CT molecular complexity index is 946. The Labute approximate surface area is 172 Å². The first-order valence-electron chi connectivity index (χ1n) is 9.85. The average Bonchev–Trinajstić information content (AvgIpc) is 3.32. The molecule has 1 saturated heterocycles. The van der Waals surface area contributed by atoms with E-state index >= 15 is 0 Å². The van der Waals surface area contributed by atoms with Crippen molar-refractivity contribution in [3.05, 3.63) is 83.9 Å². The summed E-state index contributed by atoms with van der Waals surface area (Å²) < 4.78 is 2.28. The second-order valence-corrected chi connectivity index (χ2v) is 7.85. The lowest BCUT2D eigenvalue weighted by atomic mass is 9.99. The predicted molar refractivity (Wildman–Crippen MR) is 119 cm³/mol. The molecule has 0 unspecified atom stereocenters. The summed E-state index contributed by atoms with van der Waals surface area (Å²) >= 11 is 5.79. The number of hydrogen-bond acceptors (Lipinski definition) is 2. The Kier molecular flexibility index (Phi) is 5.18. The Morgan fingerprint density at radius 2 is 1.86 bits per heavy atom. The number of anilines is 1. The Balaban J connectivity index is 1.80. The van der Waals surface area contributed by atoms with Crippen molar-refractivity contribution in [1.82, 2.24) is 14.9 Å². The van der Waals surface area contributed by atoms with Gasteiger partial charge in [0.25, 0.3) is 0 Å². The summed E-state index contributed by atoms with van der Waals surface area (Å²) in [6.07, 6.45) is 3.97. The molecule has 0 spiro atoms. The van der Waals surface area contributed by atoms with Crippen molar-refractivity contribution in [2.45, 2.75) is 45.3 Å². The number of aryl methyl sites for hydroxylation is 1. The highest BCUT2D eigenvalue weighted by molar-refractivity contribution is 7.80. The van der Waals surface area contributed by atoms with E-state index in [0.29, 0.717) is 5.92 Å². The normalized spacial score (nSPS) is 19.3. The molecule has 28 heavy (non-hydrogen) atoms. The van der Waals surface area contributed by atoms with Crippen LogP contribution in [-0.2, 0) is 6.54 Å². The van der Waals surface area contributed by atoms with Gasteiger partial charge in [-0.2, -0.15) is 0 Å². The maximum Gasteiger partial charge on any atom is 0.174 e. The maximum absolute atomic E-state index is 5.79. The lowest BCUT2D eigenvalue weighted by Gasteiger charge is -2.29. The van der Waals surface area contributed by atoms with Crippen molar-refractivity contribution in [2.24, 2.45) is 0 Å². The minimum absolute atomic E-state index is 0.00123. The molecule has 1 N–H and O–H groups in total. The molecule has 0 bridgehead atoms. The zero-order chi connectivity index (χ0) is 19.7. The molecule has 4 nitrogen and oxygen atoms in total. The third kappa shape index (κ3) is 3.31. The van der Waals surface area contributed by atoms with E-state index in [1.807, 2.05) is 18.3 Å². The van der Waals surface area contributed by atoms with Gasteiger partial charge in [0.1, 0.15) is 6.04 Å². The fourth-order valence-electron chi connectivity index (χ4n) is 3.94. The van der Waals surface area contributed by atoms with Gasteiger partial charge in [-0.15, -0.1) is 0 Å². The van der Waals surface area contributed by atoms with Crippen molar-refractivity contribution in [3.8, 4) is 0 Å². The highest BCUT2D eigenvalue weighted by atomic mass is 32.1. The molecule has 1 aliphatic heterocycles. The van der Waals surface area contributed by atoms with Gasteiger partial charge in [0.2, 0.25) is 0 Å². The molecule has 144 valence electrons. The van der Waals surface area contributed by atoms with Crippen LogP contribution in [0.2, 0.25) is 0 Å². The Morgan fingerprint density at radius 3 is 2.50 bits per heavy atom. The van der Waals surface area contributed by atoms with Crippen LogP contribution in [0, 0.1) is 0 Å². The van der Waals surface area contributed by atoms with E-state index in [1.54, 1.807) is 0 Å². The first kappa shape index (κ1) is 18.7. The van der Waals surface area contributed by atoms with E-state index in [1.165, 1.54) is 11.3 Å². The van der Waals surface area contributed by atoms with Crippen molar-refractivity contribution < 1.29 is 0 Å². The molecule has 2 aromatic heterocycles. The quantitative estimate of drug-likeness (QED) is 0.607. The zero-order valence-corrected chi connectivity index (χ0v) is 17.4. The summed E-state index contributed by atoms with van der Waals surface area (Å²) in [5.41, 5.74) is 4.67. The summed E-state index contributed by atoms with van der Waals surface area (Å²) in [7, 11) is 0. The lowest BCUT2D eigenvalue weighted by molar-refractivity contribution is 0.529. The highest BCUT2D eigenvalue weighted by Crippen LogP contribution is 2.41. The van der Waals surface area contributed by atoms with Crippen LogP contribution in [0.4, 0.5) is 5.69 Å². The summed E-state index contributed by atoms with van der Waals surface area (Å²) in [5, 5.41) is 4.27. The Hall–Kier alpha value is -2.66. The van der Waals surface area contributed by atoms with Crippen LogP contribution >= 0.6 is 12.2 Å². The molecule has 1 aliphatic rings. The Morgan fingerprint density at radius 1 is 1.07 bits per heavy atom. The standard InChI is InChI=1S/C23H26N4S/c1-4-26-15-7-9-20(26)22-21(19-8-5-6-14-24-19)25-23(28)27(22)18-12-10-17(11-13-18)16(2)3/h5-16,21-22H,4H2,1-3H3,(H,25,28)/t21-,22+/m0/s1. The van der Waals surface area contributed by atoms with Gasteiger partial charge in [-0.25, -0.2) is 0 Å². The monoisotopic (exact) mass is 390 g/mol. The smallest absolute Gasteiger partial charge is 0.174 e. The summed E-state index contributed by atoms with van der Waals surface area (Å²) in [6, 6.07) is 19.1. The largest absolute Gasteiger partial charge is 0.351 e. The van der Waals surface area contributed by atoms with Crippen molar-refractivity contribution in [1.29, 1.82) is 0 Å². The second kappa shape index (κ2) is 7.76. The molecule has 5 heteroatoms. The molecular formula is C23H26N4S. The molecule has 4 rings (SSSR count). The number of hydrogen-bond donors (Lipinski definition) is 1. The van der Waals surface area contributed by atoms with E-state index in [-0.39, 0.29) is 12.1 Å². The van der Waals surface area contributed by atoms with Gasteiger partial charge in [0.15, 0.2) is 5.11 Å². The maximum atomic E-state index is 5.79. The van der Waals surface area contributed by atoms with Gasteiger partial charge in [-0.1, -0.05) is 32.0 Å². The van der Waals surface area contributed by atoms with Crippen LogP contribution in [0.25, 0.3) is 0 Å². The number of rotatable bonds is 5.